The van der Waals surface area contributed by atoms with Crippen LogP contribution in [0.4, 0.5) is 0 Å². The quantitative estimate of drug-likeness (QED) is 0.264. The van der Waals surface area contributed by atoms with Crippen LogP contribution in [0.25, 0.3) is 0 Å². The minimum absolute atomic E-state index is 0.295. The first kappa shape index (κ1) is 27.3. The average molecular weight is 453 g/mol. The van der Waals surface area contributed by atoms with Crippen molar-refractivity contribution in [2.45, 2.75) is 124 Å². The van der Waals surface area contributed by atoms with Crippen LogP contribution in [0.3, 0.4) is 0 Å². The van der Waals surface area contributed by atoms with Crippen LogP contribution in [0.1, 0.15) is 130 Å². The van der Waals surface area contributed by atoms with Gasteiger partial charge in [0.05, 0.1) is 0 Å². The number of unbranched alkanes of at least 4 members (excludes halogenated alkanes) is 11. The first-order valence-corrected chi connectivity index (χ1v) is 13.4. The van der Waals surface area contributed by atoms with Gasteiger partial charge in [-0.05, 0) is 67.5 Å². The van der Waals surface area contributed by atoms with E-state index in [1.54, 1.807) is 0 Å². The fourth-order valence-corrected chi connectivity index (χ4v) is 5.10. The van der Waals surface area contributed by atoms with Crippen molar-refractivity contribution >= 4 is 0 Å². The molecule has 0 aromatic heterocycles. The molecule has 0 spiro atoms. The summed E-state index contributed by atoms with van der Waals surface area (Å²) in [6.07, 6.45) is 17.4. The molecule has 2 rings (SSSR count). The van der Waals surface area contributed by atoms with Crippen molar-refractivity contribution in [1.29, 1.82) is 0 Å². The van der Waals surface area contributed by atoms with Gasteiger partial charge < -0.3 is 10.2 Å². The molecule has 0 aliphatic heterocycles. The van der Waals surface area contributed by atoms with Crippen LogP contribution in [0, 0.1) is 27.7 Å². The van der Waals surface area contributed by atoms with Crippen LogP contribution in [0.15, 0.2) is 24.3 Å². The zero-order valence-electron chi connectivity index (χ0n) is 22.0. The summed E-state index contributed by atoms with van der Waals surface area (Å²) in [4.78, 5) is 0. The molecular formula is C31H48O2. The second-order valence-electron chi connectivity index (χ2n) is 10.2. The van der Waals surface area contributed by atoms with Gasteiger partial charge in [-0.25, -0.2) is 0 Å². The second kappa shape index (κ2) is 14.3. The Hall–Kier alpha value is -1.96. The van der Waals surface area contributed by atoms with Crippen LogP contribution in [-0.2, 0) is 0 Å². The van der Waals surface area contributed by atoms with Crippen molar-refractivity contribution in [3.05, 3.63) is 57.6 Å². The normalized spacial score (nSPS) is 11.5. The van der Waals surface area contributed by atoms with Gasteiger partial charge in [-0.3, -0.25) is 0 Å². The Morgan fingerprint density at radius 1 is 0.515 bits per heavy atom. The summed E-state index contributed by atoms with van der Waals surface area (Å²) in [5.41, 5.74) is 6.31. The lowest BCUT2D eigenvalue weighted by Crippen LogP contribution is -2.04. The second-order valence-corrected chi connectivity index (χ2v) is 10.2. The molecular weight excluding hydrogens is 404 g/mol. The van der Waals surface area contributed by atoms with Gasteiger partial charge in [0.15, 0.2) is 0 Å². The molecule has 0 fully saturated rings. The van der Waals surface area contributed by atoms with E-state index in [9.17, 15) is 10.2 Å². The van der Waals surface area contributed by atoms with E-state index in [4.69, 9.17) is 0 Å². The lowest BCUT2D eigenvalue weighted by Gasteiger charge is -2.21. The molecule has 33 heavy (non-hydrogen) atoms. The molecule has 0 saturated carbocycles. The Bertz CT molecular complexity index is 748. The largest absolute Gasteiger partial charge is 0.507 e. The summed E-state index contributed by atoms with van der Waals surface area (Å²) in [6.45, 7) is 10.2. The fraction of sp³-hybridized carbons (Fsp3) is 0.613. The Balaban J connectivity index is 1.90. The predicted molar refractivity (Wildman–Crippen MR) is 143 cm³/mol. The van der Waals surface area contributed by atoms with Crippen LogP contribution >= 0.6 is 0 Å². The summed E-state index contributed by atoms with van der Waals surface area (Å²) in [7, 11) is 0. The van der Waals surface area contributed by atoms with Gasteiger partial charge in [-0.15, -0.1) is 0 Å². The van der Waals surface area contributed by atoms with Crippen molar-refractivity contribution in [1.82, 2.24) is 0 Å². The molecule has 2 heteroatoms. The summed E-state index contributed by atoms with van der Waals surface area (Å²) >= 11 is 0. The standard InChI is InChI=1S/C31H48O2/c1-6-7-8-9-10-11-12-13-14-15-16-17-18-29(27-19-23(2)30(32)24(3)20-27)28-21-25(4)31(33)26(5)22-28/h19-22,29,32-33H,6-18H2,1-5H3. The molecule has 0 atom stereocenters. The van der Waals surface area contributed by atoms with Gasteiger partial charge in [-0.2, -0.15) is 0 Å². The summed E-state index contributed by atoms with van der Waals surface area (Å²) in [5.74, 6) is 1.10. The SMILES string of the molecule is CCCCCCCCCCCCCCC(c1cc(C)c(O)c(C)c1)c1cc(C)c(O)c(C)c1. The van der Waals surface area contributed by atoms with Crippen molar-refractivity contribution in [2.24, 2.45) is 0 Å². The molecule has 0 saturated heterocycles. The van der Waals surface area contributed by atoms with E-state index in [0.717, 1.165) is 28.7 Å². The topological polar surface area (TPSA) is 40.5 Å². The Morgan fingerprint density at radius 3 is 1.15 bits per heavy atom. The maximum atomic E-state index is 10.3. The molecule has 0 aliphatic carbocycles. The van der Waals surface area contributed by atoms with Crippen LogP contribution in [0.5, 0.6) is 11.5 Å². The number of rotatable bonds is 15. The molecule has 0 radical (unpaired) electrons. The molecule has 2 N–H and O–H groups in total. The van der Waals surface area contributed by atoms with Crippen molar-refractivity contribution < 1.29 is 10.2 Å². The van der Waals surface area contributed by atoms with Crippen LogP contribution < -0.4 is 0 Å². The summed E-state index contributed by atoms with van der Waals surface area (Å²) in [6, 6.07) is 8.58. The third kappa shape index (κ3) is 8.72. The third-order valence-electron chi connectivity index (χ3n) is 7.18. The minimum Gasteiger partial charge on any atom is -0.507 e. The number of aromatic hydroxyl groups is 2. The molecule has 2 aromatic rings. The minimum atomic E-state index is 0.295. The highest BCUT2D eigenvalue weighted by molar-refractivity contribution is 5.49. The van der Waals surface area contributed by atoms with Crippen molar-refractivity contribution in [3.63, 3.8) is 0 Å². The molecule has 0 aliphatic rings. The zero-order chi connectivity index (χ0) is 24.2. The number of phenolic OH excluding ortho intramolecular Hbond substituents is 2. The molecule has 0 bridgehead atoms. The smallest absolute Gasteiger partial charge is 0.121 e. The highest BCUT2D eigenvalue weighted by Crippen LogP contribution is 2.37. The van der Waals surface area contributed by atoms with Crippen molar-refractivity contribution in [3.8, 4) is 11.5 Å². The van der Waals surface area contributed by atoms with E-state index < -0.39 is 0 Å². The van der Waals surface area contributed by atoms with Gasteiger partial charge in [0.1, 0.15) is 11.5 Å². The van der Waals surface area contributed by atoms with E-state index in [-0.39, 0.29) is 0 Å². The number of phenols is 2. The highest BCUT2D eigenvalue weighted by Gasteiger charge is 2.18. The molecule has 184 valence electrons. The number of aryl methyl sites for hydroxylation is 4. The molecule has 2 nitrogen and oxygen atoms in total. The van der Waals surface area contributed by atoms with E-state index in [2.05, 4.69) is 31.2 Å². The first-order chi connectivity index (χ1) is 15.8. The van der Waals surface area contributed by atoms with Gasteiger partial charge in [0.2, 0.25) is 0 Å². The maximum absolute atomic E-state index is 10.3. The number of hydrogen-bond acceptors (Lipinski definition) is 2. The average Bonchev–Trinajstić information content (AvgIpc) is 2.78. The molecule has 0 unspecified atom stereocenters. The highest BCUT2D eigenvalue weighted by atomic mass is 16.3. The van der Waals surface area contributed by atoms with Gasteiger partial charge in [-0.1, -0.05) is 108 Å². The lowest BCUT2D eigenvalue weighted by molar-refractivity contribution is 0.465. The van der Waals surface area contributed by atoms with Gasteiger partial charge >= 0.3 is 0 Å². The third-order valence-corrected chi connectivity index (χ3v) is 7.18. The lowest BCUT2D eigenvalue weighted by atomic mass is 9.83. The first-order valence-electron chi connectivity index (χ1n) is 13.4. The predicted octanol–water partition coefficient (Wildman–Crippen LogP) is 9.55. The van der Waals surface area contributed by atoms with E-state index in [1.165, 1.54) is 88.2 Å². The van der Waals surface area contributed by atoms with Crippen LogP contribution in [-0.4, -0.2) is 10.2 Å². The van der Waals surface area contributed by atoms with E-state index >= 15 is 0 Å². The van der Waals surface area contributed by atoms with Gasteiger partial charge in [0, 0.05) is 5.92 Å². The Kier molecular flexibility index (Phi) is 11.9. The number of hydrogen-bond donors (Lipinski definition) is 2. The molecule has 0 heterocycles. The van der Waals surface area contributed by atoms with Crippen molar-refractivity contribution in [2.75, 3.05) is 0 Å². The van der Waals surface area contributed by atoms with Crippen LogP contribution in [0.2, 0.25) is 0 Å². The zero-order valence-corrected chi connectivity index (χ0v) is 22.0. The number of benzene rings is 2. The monoisotopic (exact) mass is 452 g/mol. The summed E-state index contributed by atoms with van der Waals surface area (Å²) < 4.78 is 0. The summed E-state index contributed by atoms with van der Waals surface area (Å²) in [5, 5.41) is 20.5. The molecule has 2 aromatic carbocycles. The van der Waals surface area contributed by atoms with E-state index in [1.807, 2.05) is 27.7 Å². The van der Waals surface area contributed by atoms with E-state index in [0.29, 0.717) is 17.4 Å². The van der Waals surface area contributed by atoms with Gasteiger partial charge in [0.25, 0.3) is 0 Å². The molecule has 0 amide bonds. The Morgan fingerprint density at radius 2 is 0.818 bits per heavy atom. The Labute approximate surface area is 203 Å². The maximum Gasteiger partial charge on any atom is 0.121 e. The fourth-order valence-electron chi connectivity index (χ4n) is 5.10.